The van der Waals surface area contributed by atoms with Crippen LogP contribution in [0.5, 0.6) is 11.5 Å². The molecule has 0 aliphatic heterocycles. The van der Waals surface area contributed by atoms with E-state index in [0.717, 1.165) is 31.2 Å². The fraction of sp³-hybridized carbons (Fsp3) is 0.500. The quantitative estimate of drug-likeness (QED) is 0.662. The standard InChI is InChI=1S/C12H17NO2/c1-8-2-3-9(11(15)10(8)14)4-5-12(13)6-7-12/h2-3,14-15H,4-7,13H2,1H3. The van der Waals surface area contributed by atoms with Gasteiger partial charge >= 0.3 is 0 Å². The number of benzene rings is 1. The zero-order valence-electron chi connectivity index (χ0n) is 8.95. The van der Waals surface area contributed by atoms with Crippen LogP contribution in [0.15, 0.2) is 12.1 Å². The second kappa shape index (κ2) is 3.42. The summed E-state index contributed by atoms with van der Waals surface area (Å²) in [6.45, 7) is 1.77. The summed E-state index contributed by atoms with van der Waals surface area (Å²) >= 11 is 0. The molecule has 1 aliphatic carbocycles. The van der Waals surface area contributed by atoms with Crippen LogP contribution in [0.4, 0.5) is 0 Å². The predicted octanol–water partition coefficient (Wildman–Crippen LogP) is 1.83. The minimum Gasteiger partial charge on any atom is -0.504 e. The Morgan fingerprint density at radius 2 is 1.93 bits per heavy atom. The zero-order chi connectivity index (χ0) is 11.1. The number of hydrogen-bond donors (Lipinski definition) is 3. The molecule has 2 rings (SSSR count). The van der Waals surface area contributed by atoms with E-state index in [1.807, 2.05) is 12.1 Å². The average molecular weight is 207 g/mol. The molecule has 0 saturated heterocycles. The van der Waals surface area contributed by atoms with Gasteiger partial charge in [-0.3, -0.25) is 0 Å². The molecule has 3 heteroatoms. The maximum atomic E-state index is 9.70. The Labute approximate surface area is 89.5 Å². The lowest BCUT2D eigenvalue weighted by Gasteiger charge is -2.11. The number of aromatic hydroxyl groups is 2. The van der Waals surface area contributed by atoms with E-state index in [1.54, 1.807) is 6.92 Å². The smallest absolute Gasteiger partial charge is 0.160 e. The molecular formula is C12H17NO2. The largest absolute Gasteiger partial charge is 0.504 e. The van der Waals surface area contributed by atoms with Crippen LogP contribution in [-0.4, -0.2) is 15.8 Å². The van der Waals surface area contributed by atoms with Crippen molar-refractivity contribution >= 4 is 0 Å². The average Bonchev–Trinajstić information content (AvgIpc) is 2.93. The first-order valence-electron chi connectivity index (χ1n) is 5.31. The lowest BCUT2D eigenvalue weighted by Crippen LogP contribution is -2.22. The Bertz CT molecular complexity index is 383. The summed E-state index contributed by atoms with van der Waals surface area (Å²) in [6, 6.07) is 3.68. The van der Waals surface area contributed by atoms with Crippen LogP contribution in [-0.2, 0) is 6.42 Å². The summed E-state index contributed by atoms with van der Waals surface area (Å²) < 4.78 is 0. The van der Waals surface area contributed by atoms with Crippen molar-refractivity contribution in [3.63, 3.8) is 0 Å². The highest BCUT2D eigenvalue weighted by molar-refractivity contribution is 5.49. The molecule has 0 bridgehead atoms. The number of phenolic OH excluding ortho intramolecular Hbond substituents is 2. The normalized spacial score (nSPS) is 17.7. The highest BCUT2D eigenvalue weighted by atomic mass is 16.3. The van der Waals surface area contributed by atoms with Crippen LogP contribution >= 0.6 is 0 Å². The molecule has 1 aliphatic rings. The minimum atomic E-state index is -0.00700. The van der Waals surface area contributed by atoms with Gasteiger partial charge in [0.05, 0.1) is 0 Å². The van der Waals surface area contributed by atoms with Gasteiger partial charge in [0.2, 0.25) is 0 Å². The fourth-order valence-electron chi connectivity index (χ4n) is 1.72. The van der Waals surface area contributed by atoms with Crippen LogP contribution in [0.3, 0.4) is 0 Å². The second-order valence-electron chi connectivity index (χ2n) is 4.60. The molecule has 0 unspecified atom stereocenters. The molecule has 0 amide bonds. The molecule has 15 heavy (non-hydrogen) atoms. The van der Waals surface area contributed by atoms with Crippen LogP contribution < -0.4 is 5.73 Å². The molecule has 1 aromatic carbocycles. The number of aryl methyl sites for hydroxylation is 2. The van der Waals surface area contributed by atoms with Gasteiger partial charge < -0.3 is 15.9 Å². The summed E-state index contributed by atoms with van der Waals surface area (Å²) in [4.78, 5) is 0. The molecule has 3 nitrogen and oxygen atoms in total. The van der Waals surface area contributed by atoms with Gasteiger partial charge in [-0.2, -0.15) is 0 Å². The third-order valence-electron chi connectivity index (χ3n) is 3.22. The third kappa shape index (κ3) is 2.07. The molecule has 4 N–H and O–H groups in total. The van der Waals surface area contributed by atoms with Gasteiger partial charge in [0.1, 0.15) is 0 Å². The van der Waals surface area contributed by atoms with Crippen molar-refractivity contribution in [2.24, 2.45) is 5.73 Å². The van der Waals surface area contributed by atoms with Gasteiger partial charge in [0, 0.05) is 5.54 Å². The van der Waals surface area contributed by atoms with E-state index < -0.39 is 0 Å². The van der Waals surface area contributed by atoms with Gasteiger partial charge in [-0.1, -0.05) is 12.1 Å². The van der Waals surface area contributed by atoms with Gasteiger partial charge in [0.15, 0.2) is 11.5 Å². The first-order valence-corrected chi connectivity index (χ1v) is 5.31. The van der Waals surface area contributed by atoms with Gasteiger partial charge in [-0.15, -0.1) is 0 Å². The molecule has 0 atom stereocenters. The van der Waals surface area contributed by atoms with Crippen LogP contribution in [0, 0.1) is 6.92 Å². The maximum Gasteiger partial charge on any atom is 0.160 e. The predicted molar refractivity (Wildman–Crippen MR) is 59.0 cm³/mol. The van der Waals surface area contributed by atoms with Gasteiger partial charge in [-0.25, -0.2) is 0 Å². The van der Waals surface area contributed by atoms with Gasteiger partial charge in [0.25, 0.3) is 0 Å². The van der Waals surface area contributed by atoms with E-state index in [0.29, 0.717) is 5.56 Å². The number of hydrogen-bond acceptors (Lipinski definition) is 3. The molecule has 1 saturated carbocycles. The van der Waals surface area contributed by atoms with Crippen molar-refractivity contribution in [1.29, 1.82) is 0 Å². The van der Waals surface area contributed by atoms with Crippen molar-refractivity contribution < 1.29 is 10.2 Å². The molecule has 0 aromatic heterocycles. The topological polar surface area (TPSA) is 66.5 Å². The molecule has 1 aromatic rings. The van der Waals surface area contributed by atoms with E-state index in [1.165, 1.54) is 0 Å². The summed E-state index contributed by atoms with van der Waals surface area (Å²) in [6.07, 6.45) is 3.76. The number of phenols is 2. The summed E-state index contributed by atoms with van der Waals surface area (Å²) in [5.41, 5.74) is 7.45. The third-order valence-corrected chi connectivity index (χ3v) is 3.22. The Kier molecular flexibility index (Phi) is 2.35. The van der Waals surface area contributed by atoms with Crippen molar-refractivity contribution in [1.82, 2.24) is 0 Å². The lowest BCUT2D eigenvalue weighted by atomic mass is 10.0. The zero-order valence-corrected chi connectivity index (χ0v) is 8.95. The van der Waals surface area contributed by atoms with Crippen molar-refractivity contribution in [3.05, 3.63) is 23.3 Å². The Hall–Kier alpha value is -1.22. The van der Waals surface area contributed by atoms with Crippen LogP contribution in [0.25, 0.3) is 0 Å². The fourth-order valence-corrected chi connectivity index (χ4v) is 1.72. The van der Waals surface area contributed by atoms with Crippen LogP contribution in [0.2, 0.25) is 0 Å². The van der Waals surface area contributed by atoms with E-state index >= 15 is 0 Å². The molecule has 0 radical (unpaired) electrons. The maximum absolute atomic E-state index is 9.70. The first kappa shape index (κ1) is 10.3. The summed E-state index contributed by atoms with van der Waals surface area (Å²) in [7, 11) is 0. The SMILES string of the molecule is Cc1ccc(CCC2(N)CC2)c(O)c1O. The van der Waals surface area contributed by atoms with Crippen LogP contribution in [0.1, 0.15) is 30.4 Å². The highest BCUT2D eigenvalue weighted by Gasteiger charge is 2.37. The monoisotopic (exact) mass is 207 g/mol. The van der Waals surface area contributed by atoms with Crippen molar-refractivity contribution in [2.75, 3.05) is 0 Å². The van der Waals surface area contributed by atoms with Crippen molar-refractivity contribution in [3.8, 4) is 11.5 Å². The van der Waals surface area contributed by atoms with Crippen molar-refractivity contribution in [2.45, 2.75) is 38.1 Å². The minimum absolute atomic E-state index is 0.00521. The molecule has 1 fully saturated rings. The first-order chi connectivity index (χ1) is 7.02. The second-order valence-corrected chi connectivity index (χ2v) is 4.60. The molecular weight excluding hydrogens is 190 g/mol. The molecule has 0 heterocycles. The Morgan fingerprint density at radius 1 is 1.27 bits per heavy atom. The van der Waals surface area contributed by atoms with Gasteiger partial charge in [-0.05, 0) is 43.7 Å². The van der Waals surface area contributed by atoms with E-state index in [-0.39, 0.29) is 17.0 Å². The van der Waals surface area contributed by atoms with E-state index in [9.17, 15) is 10.2 Å². The number of nitrogens with two attached hydrogens (primary N) is 1. The van der Waals surface area contributed by atoms with E-state index in [2.05, 4.69) is 0 Å². The lowest BCUT2D eigenvalue weighted by molar-refractivity contribution is 0.395. The molecule has 0 spiro atoms. The van der Waals surface area contributed by atoms with E-state index in [4.69, 9.17) is 5.73 Å². The summed E-state index contributed by atoms with van der Waals surface area (Å²) in [5, 5.41) is 19.3. The Balaban J connectivity index is 2.11. The number of rotatable bonds is 3. The Morgan fingerprint density at radius 3 is 2.53 bits per heavy atom. The molecule has 82 valence electrons. The highest BCUT2D eigenvalue weighted by Crippen LogP contribution is 2.39. The summed E-state index contributed by atoms with van der Waals surface area (Å²) in [5.74, 6) is 0.00798.